The predicted octanol–water partition coefficient (Wildman–Crippen LogP) is 8.87. The Morgan fingerprint density at radius 1 is 0.641 bits per heavy atom. The summed E-state index contributed by atoms with van der Waals surface area (Å²) >= 11 is 3.50. The zero-order valence-electron chi connectivity index (χ0n) is 22.9. The fraction of sp³-hybridized carbons (Fsp3) is 0.375. The highest BCUT2D eigenvalue weighted by atomic mass is 79.9. The summed E-state index contributed by atoms with van der Waals surface area (Å²) in [4.78, 5) is 25.5. The normalized spacial score (nSPS) is 10.6. The maximum Gasteiger partial charge on any atom is 0.255 e. The van der Waals surface area contributed by atoms with Crippen LogP contribution in [0.5, 0.6) is 11.5 Å². The molecule has 0 aliphatic heterocycles. The first-order chi connectivity index (χ1) is 19.0. The molecule has 7 heteroatoms. The van der Waals surface area contributed by atoms with Crippen LogP contribution in [0.1, 0.15) is 85.9 Å². The Hall–Kier alpha value is -3.32. The molecule has 0 heterocycles. The zero-order chi connectivity index (χ0) is 27.9. The topological polar surface area (TPSA) is 76.7 Å². The van der Waals surface area contributed by atoms with Gasteiger partial charge in [0.05, 0.1) is 18.9 Å². The van der Waals surface area contributed by atoms with E-state index in [0.29, 0.717) is 40.2 Å². The van der Waals surface area contributed by atoms with Gasteiger partial charge in [-0.3, -0.25) is 9.59 Å². The van der Waals surface area contributed by atoms with Gasteiger partial charge in [0.1, 0.15) is 11.5 Å². The van der Waals surface area contributed by atoms with Gasteiger partial charge in [0, 0.05) is 21.3 Å². The summed E-state index contributed by atoms with van der Waals surface area (Å²) < 4.78 is 12.2. The molecule has 3 rings (SSSR count). The van der Waals surface area contributed by atoms with Crippen molar-refractivity contribution in [2.45, 2.75) is 65.2 Å². The van der Waals surface area contributed by atoms with Gasteiger partial charge in [0.2, 0.25) is 0 Å². The average Bonchev–Trinajstić information content (AvgIpc) is 2.95. The SMILES string of the molecule is CCCCCCOc1ccc(C(=O)Nc2ccc(NC(=O)c3ccc(OCCCCCC)cc3)c(Br)c2)cc1. The Balaban J connectivity index is 1.48. The van der Waals surface area contributed by atoms with Crippen LogP contribution in [-0.2, 0) is 0 Å². The van der Waals surface area contributed by atoms with Crippen LogP contribution < -0.4 is 20.1 Å². The highest BCUT2D eigenvalue weighted by Gasteiger charge is 2.11. The van der Waals surface area contributed by atoms with Crippen LogP contribution in [0.15, 0.2) is 71.2 Å². The first-order valence-corrected chi connectivity index (χ1v) is 14.7. The second kappa shape index (κ2) is 16.6. The number of rotatable bonds is 16. The maximum absolute atomic E-state index is 12.7. The molecule has 0 unspecified atom stereocenters. The highest BCUT2D eigenvalue weighted by molar-refractivity contribution is 9.10. The van der Waals surface area contributed by atoms with Gasteiger partial charge in [-0.15, -0.1) is 0 Å². The molecule has 0 saturated carbocycles. The predicted molar refractivity (Wildman–Crippen MR) is 162 cm³/mol. The Kier molecular flexibility index (Phi) is 12.9. The van der Waals surface area contributed by atoms with Crippen molar-refractivity contribution in [3.05, 3.63) is 82.3 Å². The van der Waals surface area contributed by atoms with Gasteiger partial charge in [0.15, 0.2) is 0 Å². The lowest BCUT2D eigenvalue weighted by Crippen LogP contribution is -2.14. The van der Waals surface area contributed by atoms with Gasteiger partial charge in [-0.1, -0.05) is 52.4 Å². The Labute approximate surface area is 240 Å². The molecule has 0 aliphatic rings. The highest BCUT2D eigenvalue weighted by Crippen LogP contribution is 2.27. The lowest BCUT2D eigenvalue weighted by Gasteiger charge is -2.11. The van der Waals surface area contributed by atoms with Gasteiger partial charge in [-0.05, 0) is 95.5 Å². The zero-order valence-corrected chi connectivity index (χ0v) is 24.5. The molecule has 39 heavy (non-hydrogen) atoms. The van der Waals surface area contributed by atoms with Crippen molar-refractivity contribution in [2.75, 3.05) is 23.8 Å². The lowest BCUT2D eigenvalue weighted by molar-refractivity contribution is 0.101. The van der Waals surface area contributed by atoms with E-state index < -0.39 is 0 Å². The molecule has 0 saturated heterocycles. The summed E-state index contributed by atoms with van der Waals surface area (Å²) in [5.41, 5.74) is 2.29. The molecule has 3 aromatic rings. The Morgan fingerprint density at radius 3 is 1.59 bits per heavy atom. The number of nitrogens with one attached hydrogen (secondary N) is 2. The Bertz CT molecular complexity index is 1180. The number of carbonyl (C=O) groups excluding carboxylic acids is 2. The second-order valence-corrected chi connectivity index (χ2v) is 10.3. The molecule has 2 amide bonds. The van der Waals surface area contributed by atoms with Crippen LogP contribution in [0.2, 0.25) is 0 Å². The van der Waals surface area contributed by atoms with Crippen LogP contribution in [-0.4, -0.2) is 25.0 Å². The fourth-order valence-electron chi connectivity index (χ4n) is 3.93. The molecule has 208 valence electrons. The largest absolute Gasteiger partial charge is 0.494 e. The Morgan fingerprint density at radius 2 is 1.13 bits per heavy atom. The first-order valence-electron chi connectivity index (χ1n) is 13.9. The van der Waals surface area contributed by atoms with Crippen molar-refractivity contribution in [2.24, 2.45) is 0 Å². The van der Waals surface area contributed by atoms with Gasteiger partial charge in [-0.25, -0.2) is 0 Å². The van der Waals surface area contributed by atoms with Crippen LogP contribution in [0.25, 0.3) is 0 Å². The van der Waals surface area contributed by atoms with Crippen molar-refractivity contribution in [1.82, 2.24) is 0 Å². The van der Waals surface area contributed by atoms with Crippen molar-refractivity contribution in [3.63, 3.8) is 0 Å². The van der Waals surface area contributed by atoms with E-state index >= 15 is 0 Å². The van der Waals surface area contributed by atoms with Gasteiger partial charge in [0.25, 0.3) is 11.8 Å². The third kappa shape index (κ3) is 10.4. The summed E-state index contributed by atoms with van der Waals surface area (Å²) in [6, 6.07) is 19.5. The first kappa shape index (κ1) is 30.2. The fourth-order valence-corrected chi connectivity index (χ4v) is 4.41. The summed E-state index contributed by atoms with van der Waals surface area (Å²) in [6.07, 6.45) is 9.21. The number of anilines is 2. The van der Waals surface area contributed by atoms with E-state index in [1.807, 2.05) is 24.3 Å². The van der Waals surface area contributed by atoms with E-state index in [2.05, 4.69) is 40.4 Å². The molecule has 0 fully saturated rings. The standard InChI is InChI=1S/C32H39BrN2O4/c1-3-5-7-9-21-38-27-16-11-24(12-17-27)31(36)34-26-15-20-30(29(33)23-26)35-32(37)25-13-18-28(19-14-25)39-22-10-8-6-4-2/h11-20,23H,3-10,21-22H2,1-2H3,(H,34,36)(H,35,37). The summed E-state index contributed by atoms with van der Waals surface area (Å²) in [7, 11) is 0. The van der Waals surface area contributed by atoms with Crippen LogP contribution in [0, 0.1) is 0 Å². The molecule has 3 aromatic carbocycles. The second-order valence-electron chi connectivity index (χ2n) is 9.47. The van der Waals surface area contributed by atoms with E-state index in [4.69, 9.17) is 9.47 Å². The van der Waals surface area contributed by atoms with Crippen LogP contribution in [0.3, 0.4) is 0 Å². The van der Waals surface area contributed by atoms with E-state index in [1.54, 1.807) is 42.5 Å². The summed E-state index contributed by atoms with van der Waals surface area (Å²) in [5.74, 6) is 1.07. The number of hydrogen-bond donors (Lipinski definition) is 2. The minimum Gasteiger partial charge on any atom is -0.494 e. The molecule has 0 radical (unpaired) electrons. The molecule has 0 atom stereocenters. The van der Waals surface area contributed by atoms with Crippen molar-refractivity contribution < 1.29 is 19.1 Å². The average molecular weight is 596 g/mol. The minimum atomic E-state index is -0.227. The third-order valence-corrected chi connectivity index (χ3v) is 6.90. The van der Waals surface area contributed by atoms with Gasteiger partial charge < -0.3 is 20.1 Å². The molecule has 0 aromatic heterocycles. The van der Waals surface area contributed by atoms with Crippen LogP contribution in [0.4, 0.5) is 11.4 Å². The number of amides is 2. The number of benzene rings is 3. The van der Waals surface area contributed by atoms with Gasteiger partial charge in [-0.2, -0.15) is 0 Å². The molecule has 6 nitrogen and oxygen atoms in total. The molecule has 0 aliphatic carbocycles. The van der Waals surface area contributed by atoms with E-state index in [9.17, 15) is 9.59 Å². The van der Waals surface area contributed by atoms with E-state index in [-0.39, 0.29) is 11.8 Å². The molecule has 0 bridgehead atoms. The number of hydrogen-bond acceptors (Lipinski definition) is 4. The molecular formula is C32H39BrN2O4. The summed E-state index contributed by atoms with van der Waals surface area (Å²) in [6.45, 7) is 5.73. The molecule has 2 N–H and O–H groups in total. The minimum absolute atomic E-state index is 0.221. The van der Waals surface area contributed by atoms with E-state index in [0.717, 1.165) is 37.2 Å². The summed E-state index contributed by atoms with van der Waals surface area (Å²) in [5, 5.41) is 5.80. The van der Waals surface area contributed by atoms with E-state index in [1.165, 1.54) is 25.7 Å². The number of ether oxygens (including phenoxy) is 2. The van der Waals surface area contributed by atoms with Crippen molar-refractivity contribution >= 4 is 39.1 Å². The van der Waals surface area contributed by atoms with Crippen molar-refractivity contribution in [3.8, 4) is 11.5 Å². The third-order valence-electron chi connectivity index (χ3n) is 6.24. The maximum atomic E-state index is 12.7. The van der Waals surface area contributed by atoms with Crippen molar-refractivity contribution in [1.29, 1.82) is 0 Å². The lowest BCUT2D eigenvalue weighted by atomic mass is 10.2. The quantitative estimate of drug-likeness (QED) is 0.162. The molecule has 0 spiro atoms. The van der Waals surface area contributed by atoms with Gasteiger partial charge >= 0.3 is 0 Å². The smallest absolute Gasteiger partial charge is 0.255 e. The number of unbranched alkanes of at least 4 members (excludes halogenated alkanes) is 6. The number of carbonyl (C=O) groups is 2. The van der Waals surface area contributed by atoms with Crippen LogP contribution >= 0.6 is 15.9 Å². The molecular weight excluding hydrogens is 556 g/mol. The monoisotopic (exact) mass is 594 g/mol. The number of halogens is 1.